The molecule has 1 aliphatic heterocycles. The van der Waals surface area contributed by atoms with Crippen molar-refractivity contribution >= 4 is 11.9 Å². The summed E-state index contributed by atoms with van der Waals surface area (Å²) in [4.78, 5) is 29.2. The van der Waals surface area contributed by atoms with E-state index in [-0.39, 0.29) is 12.3 Å². The van der Waals surface area contributed by atoms with Crippen LogP contribution < -0.4 is 4.74 Å². The minimum Gasteiger partial charge on any atom is -0.481 e. The zero-order chi connectivity index (χ0) is 14.7. The first-order valence-corrected chi connectivity index (χ1v) is 6.60. The SMILES string of the molecule is CCN1C(=O)CCC(C(=O)O)C1c1ccc(OC)nc1. The molecule has 2 rings (SSSR count). The maximum atomic E-state index is 12.0. The third-order valence-corrected chi connectivity index (χ3v) is 3.67. The minimum absolute atomic E-state index is 0.00850. The second-order valence-corrected chi connectivity index (χ2v) is 4.74. The van der Waals surface area contributed by atoms with Crippen LogP contribution in [0.2, 0.25) is 0 Å². The van der Waals surface area contributed by atoms with Crippen LogP contribution in [-0.4, -0.2) is 40.5 Å². The Hall–Kier alpha value is -2.11. The second-order valence-electron chi connectivity index (χ2n) is 4.74. The molecular formula is C14H18N2O4. The Morgan fingerprint density at radius 3 is 2.80 bits per heavy atom. The molecule has 1 fully saturated rings. The van der Waals surface area contributed by atoms with Crippen molar-refractivity contribution < 1.29 is 19.4 Å². The van der Waals surface area contributed by atoms with E-state index in [9.17, 15) is 14.7 Å². The lowest BCUT2D eigenvalue weighted by atomic mass is 9.85. The van der Waals surface area contributed by atoms with Crippen molar-refractivity contribution in [3.05, 3.63) is 23.9 Å². The van der Waals surface area contributed by atoms with E-state index in [2.05, 4.69) is 4.98 Å². The summed E-state index contributed by atoms with van der Waals surface area (Å²) >= 11 is 0. The van der Waals surface area contributed by atoms with Crippen molar-refractivity contribution in [2.24, 2.45) is 5.92 Å². The molecule has 108 valence electrons. The van der Waals surface area contributed by atoms with Gasteiger partial charge in [-0.2, -0.15) is 0 Å². The lowest BCUT2D eigenvalue weighted by Crippen LogP contribution is -2.45. The van der Waals surface area contributed by atoms with Crippen LogP contribution in [0.15, 0.2) is 18.3 Å². The summed E-state index contributed by atoms with van der Waals surface area (Å²) in [5.74, 6) is -1.02. The lowest BCUT2D eigenvalue weighted by Gasteiger charge is -2.39. The number of methoxy groups -OCH3 is 1. The topological polar surface area (TPSA) is 79.7 Å². The van der Waals surface area contributed by atoms with Crippen molar-refractivity contribution in [2.45, 2.75) is 25.8 Å². The Balaban J connectivity index is 2.38. The van der Waals surface area contributed by atoms with Crippen LogP contribution >= 0.6 is 0 Å². The van der Waals surface area contributed by atoms with Gasteiger partial charge in [0.05, 0.1) is 19.1 Å². The number of ether oxygens (including phenoxy) is 1. The molecule has 0 aromatic carbocycles. The first-order valence-electron chi connectivity index (χ1n) is 6.60. The average Bonchev–Trinajstić information content (AvgIpc) is 2.46. The Kier molecular flexibility index (Phi) is 4.22. The van der Waals surface area contributed by atoms with Gasteiger partial charge in [-0.1, -0.05) is 6.07 Å². The highest BCUT2D eigenvalue weighted by molar-refractivity contribution is 5.81. The van der Waals surface area contributed by atoms with Gasteiger partial charge in [-0.25, -0.2) is 4.98 Å². The maximum Gasteiger partial charge on any atom is 0.308 e. The maximum absolute atomic E-state index is 12.0. The molecule has 0 aliphatic carbocycles. The third-order valence-electron chi connectivity index (χ3n) is 3.67. The Bertz CT molecular complexity index is 498. The predicted octanol–water partition coefficient (Wildman–Crippen LogP) is 1.47. The predicted molar refractivity (Wildman–Crippen MR) is 71.3 cm³/mol. The number of likely N-dealkylation sites (tertiary alicyclic amines) is 1. The van der Waals surface area contributed by atoms with E-state index >= 15 is 0 Å². The summed E-state index contributed by atoms with van der Waals surface area (Å²) in [5.41, 5.74) is 0.730. The van der Waals surface area contributed by atoms with Gasteiger partial charge in [0.25, 0.3) is 0 Å². The molecular weight excluding hydrogens is 260 g/mol. The molecule has 0 bridgehead atoms. The molecule has 6 heteroatoms. The Morgan fingerprint density at radius 2 is 2.30 bits per heavy atom. The van der Waals surface area contributed by atoms with Crippen LogP contribution in [0.1, 0.15) is 31.4 Å². The quantitative estimate of drug-likeness (QED) is 0.902. The molecule has 1 saturated heterocycles. The monoisotopic (exact) mass is 278 g/mol. The summed E-state index contributed by atoms with van der Waals surface area (Å²) in [6.45, 7) is 2.34. The summed E-state index contributed by atoms with van der Waals surface area (Å²) in [6.07, 6.45) is 2.23. The number of rotatable bonds is 4. The van der Waals surface area contributed by atoms with Crippen LogP contribution in [-0.2, 0) is 9.59 Å². The highest BCUT2D eigenvalue weighted by atomic mass is 16.5. The molecule has 1 amide bonds. The van der Waals surface area contributed by atoms with Crippen molar-refractivity contribution in [1.29, 1.82) is 0 Å². The van der Waals surface area contributed by atoms with Gasteiger partial charge in [0.1, 0.15) is 0 Å². The molecule has 1 aromatic rings. The van der Waals surface area contributed by atoms with E-state index in [1.54, 1.807) is 23.2 Å². The fraction of sp³-hybridized carbons (Fsp3) is 0.500. The zero-order valence-electron chi connectivity index (χ0n) is 11.6. The van der Waals surface area contributed by atoms with Crippen LogP contribution in [0.3, 0.4) is 0 Å². The van der Waals surface area contributed by atoms with Crippen LogP contribution in [0, 0.1) is 5.92 Å². The standard InChI is InChI=1S/C14H18N2O4/c1-3-16-12(17)7-5-10(14(18)19)13(16)9-4-6-11(20-2)15-8-9/h4,6,8,10,13H,3,5,7H2,1-2H3,(H,18,19). The second kappa shape index (κ2) is 5.90. The first kappa shape index (κ1) is 14.3. The fourth-order valence-electron chi connectivity index (χ4n) is 2.68. The number of carboxylic acid groups (broad SMARTS) is 1. The summed E-state index contributed by atoms with van der Waals surface area (Å²) in [7, 11) is 1.52. The minimum atomic E-state index is -0.878. The number of carbonyl (C=O) groups is 2. The normalized spacial score (nSPS) is 22.7. The fourth-order valence-corrected chi connectivity index (χ4v) is 2.68. The van der Waals surface area contributed by atoms with E-state index in [1.165, 1.54) is 7.11 Å². The molecule has 2 atom stereocenters. The van der Waals surface area contributed by atoms with Gasteiger partial charge < -0.3 is 14.7 Å². The molecule has 0 saturated carbocycles. The van der Waals surface area contributed by atoms with Gasteiger partial charge in [0.15, 0.2) is 0 Å². The van der Waals surface area contributed by atoms with Crippen molar-refractivity contribution in [1.82, 2.24) is 9.88 Å². The number of pyridine rings is 1. The van der Waals surface area contributed by atoms with Gasteiger partial charge in [-0.05, 0) is 18.9 Å². The molecule has 1 aliphatic rings. The Morgan fingerprint density at radius 1 is 1.55 bits per heavy atom. The third kappa shape index (κ3) is 2.59. The van der Waals surface area contributed by atoms with Gasteiger partial charge in [0.2, 0.25) is 11.8 Å². The summed E-state index contributed by atoms with van der Waals surface area (Å²) in [6, 6.07) is 2.99. The highest BCUT2D eigenvalue weighted by Crippen LogP contribution is 2.36. The van der Waals surface area contributed by atoms with Crippen molar-refractivity contribution in [2.75, 3.05) is 13.7 Å². The molecule has 1 aromatic heterocycles. The molecule has 0 radical (unpaired) electrons. The van der Waals surface area contributed by atoms with Crippen molar-refractivity contribution in [3.63, 3.8) is 0 Å². The Labute approximate surface area is 117 Å². The van der Waals surface area contributed by atoms with E-state index in [0.29, 0.717) is 18.8 Å². The van der Waals surface area contributed by atoms with E-state index < -0.39 is 17.9 Å². The number of aliphatic carboxylic acids is 1. The van der Waals surface area contributed by atoms with E-state index in [0.717, 1.165) is 5.56 Å². The van der Waals surface area contributed by atoms with E-state index in [4.69, 9.17) is 4.74 Å². The number of carboxylic acids is 1. The summed E-state index contributed by atoms with van der Waals surface area (Å²) < 4.78 is 5.00. The number of piperidine rings is 1. The van der Waals surface area contributed by atoms with Crippen LogP contribution in [0.4, 0.5) is 0 Å². The van der Waals surface area contributed by atoms with Gasteiger partial charge in [0, 0.05) is 25.2 Å². The van der Waals surface area contributed by atoms with Crippen molar-refractivity contribution in [3.8, 4) is 5.88 Å². The number of aromatic nitrogens is 1. The number of amides is 1. The lowest BCUT2D eigenvalue weighted by molar-refractivity contribution is -0.151. The van der Waals surface area contributed by atoms with Gasteiger partial charge in [-0.15, -0.1) is 0 Å². The van der Waals surface area contributed by atoms with Gasteiger partial charge >= 0.3 is 5.97 Å². The smallest absolute Gasteiger partial charge is 0.308 e. The molecule has 2 heterocycles. The summed E-state index contributed by atoms with van der Waals surface area (Å²) in [5, 5.41) is 9.39. The molecule has 20 heavy (non-hydrogen) atoms. The molecule has 1 N–H and O–H groups in total. The number of hydrogen-bond donors (Lipinski definition) is 1. The number of hydrogen-bond acceptors (Lipinski definition) is 4. The van der Waals surface area contributed by atoms with Crippen LogP contribution in [0.25, 0.3) is 0 Å². The first-order chi connectivity index (χ1) is 9.58. The number of nitrogens with zero attached hydrogens (tertiary/aromatic N) is 2. The molecule has 6 nitrogen and oxygen atoms in total. The molecule has 2 unspecified atom stereocenters. The van der Waals surface area contributed by atoms with E-state index in [1.807, 2.05) is 6.92 Å². The zero-order valence-corrected chi connectivity index (χ0v) is 11.6. The average molecular weight is 278 g/mol. The largest absolute Gasteiger partial charge is 0.481 e. The number of carbonyl (C=O) groups excluding carboxylic acids is 1. The van der Waals surface area contributed by atoms with Crippen LogP contribution in [0.5, 0.6) is 5.88 Å². The highest BCUT2D eigenvalue weighted by Gasteiger charge is 2.40. The van der Waals surface area contributed by atoms with Gasteiger partial charge in [-0.3, -0.25) is 9.59 Å². The molecule has 0 spiro atoms.